The lowest BCUT2D eigenvalue weighted by molar-refractivity contribution is -0.136. The van der Waals surface area contributed by atoms with Crippen LogP contribution in [0.25, 0.3) is 16.0 Å². The lowest BCUT2D eigenvalue weighted by Gasteiger charge is -2.05. The molecular weight excluding hydrogens is 310 g/mol. The van der Waals surface area contributed by atoms with E-state index in [4.69, 9.17) is 9.84 Å². The van der Waals surface area contributed by atoms with Gasteiger partial charge in [-0.15, -0.1) is 11.3 Å². The fraction of sp³-hybridized carbons (Fsp3) is 0.278. The maximum atomic E-state index is 10.9. The maximum absolute atomic E-state index is 10.9. The van der Waals surface area contributed by atoms with Crippen molar-refractivity contribution in [3.05, 3.63) is 47.6 Å². The molecule has 1 aromatic carbocycles. The molecule has 0 aliphatic heterocycles. The molecule has 23 heavy (non-hydrogen) atoms. The summed E-state index contributed by atoms with van der Waals surface area (Å²) < 4.78 is 7.63. The molecule has 5 heteroatoms. The van der Waals surface area contributed by atoms with E-state index in [1.54, 1.807) is 11.3 Å². The van der Waals surface area contributed by atoms with Gasteiger partial charge in [0.1, 0.15) is 5.75 Å². The van der Waals surface area contributed by atoms with Crippen molar-refractivity contribution in [3.63, 3.8) is 0 Å². The van der Waals surface area contributed by atoms with Crippen LogP contribution in [0.4, 0.5) is 0 Å². The highest BCUT2D eigenvalue weighted by atomic mass is 32.1. The molecule has 2 heterocycles. The van der Waals surface area contributed by atoms with Gasteiger partial charge in [0.2, 0.25) is 0 Å². The minimum Gasteiger partial charge on any atom is -0.494 e. The van der Waals surface area contributed by atoms with E-state index in [-0.39, 0.29) is 6.42 Å². The summed E-state index contributed by atoms with van der Waals surface area (Å²) in [5.41, 5.74) is 3.00. The number of rotatable bonds is 7. The molecule has 2 aromatic heterocycles. The number of fused-ring (bicyclic) bond motifs is 1. The average molecular weight is 329 g/mol. The number of nitrogens with zero attached hydrogens (tertiary/aromatic N) is 1. The number of aromatic nitrogens is 1. The molecule has 3 aromatic rings. The van der Waals surface area contributed by atoms with E-state index < -0.39 is 5.97 Å². The van der Waals surface area contributed by atoms with Gasteiger partial charge >= 0.3 is 5.97 Å². The van der Waals surface area contributed by atoms with Crippen molar-refractivity contribution in [2.24, 2.45) is 0 Å². The zero-order chi connectivity index (χ0) is 16.2. The van der Waals surface area contributed by atoms with E-state index >= 15 is 0 Å². The molecule has 0 aliphatic carbocycles. The third-order valence-corrected chi connectivity index (χ3v) is 4.64. The van der Waals surface area contributed by atoms with Crippen LogP contribution in [0.15, 0.2) is 41.9 Å². The van der Waals surface area contributed by atoms with Crippen LogP contribution in [-0.4, -0.2) is 22.1 Å². The normalized spacial score (nSPS) is 11.0. The third-order valence-electron chi connectivity index (χ3n) is 3.70. The average Bonchev–Trinajstić information content (AvgIpc) is 3.10. The number of thiazole rings is 1. The number of carboxylic acid groups (broad SMARTS) is 1. The van der Waals surface area contributed by atoms with Crippen molar-refractivity contribution in [1.29, 1.82) is 0 Å². The highest BCUT2D eigenvalue weighted by Gasteiger charge is 2.10. The van der Waals surface area contributed by atoms with Gasteiger partial charge in [0.05, 0.1) is 17.9 Å². The summed E-state index contributed by atoms with van der Waals surface area (Å²) in [5, 5.41) is 10.9. The Balaban J connectivity index is 1.79. The largest absolute Gasteiger partial charge is 0.494 e. The van der Waals surface area contributed by atoms with Crippen LogP contribution in [0.1, 0.15) is 25.5 Å². The predicted molar refractivity (Wildman–Crippen MR) is 92.5 cm³/mol. The quantitative estimate of drug-likeness (QED) is 0.651. The van der Waals surface area contributed by atoms with Crippen LogP contribution >= 0.6 is 11.3 Å². The van der Waals surface area contributed by atoms with Crippen LogP contribution in [0.2, 0.25) is 0 Å². The van der Waals surface area contributed by atoms with Crippen molar-refractivity contribution >= 4 is 22.1 Å². The molecule has 1 N–H and O–H groups in total. The Hall–Kier alpha value is -2.27. The van der Waals surface area contributed by atoms with Gasteiger partial charge in [-0.2, -0.15) is 0 Å². The van der Waals surface area contributed by atoms with Gasteiger partial charge in [0.15, 0.2) is 0 Å². The number of carboxylic acids is 1. The second-order valence-electron chi connectivity index (χ2n) is 5.46. The number of aliphatic carboxylic acids is 1. The minimum absolute atomic E-state index is 0.0400. The molecule has 0 aliphatic rings. The first-order valence-corrected chi connectivity index (χ1v) is 8.59. The minimum atomic E-state index is -0.812. The van der Waals surface area contributed by atoms with Gasteiger partial charge in [-0.3, -0.25) is 4.79 Å². The summed E-state index contributed by atoms with van der Waals surface area (Å²) in [6.07, 6.45) is 4.22. The Morgan fingerprint density at radius 2 is 2.04 bits per heavy atom. The SMILES string of the molecule is CCCCOc1ccc(-c2cc3scc(CC(=O)O)n3c2)cc1. The lowest BCUT2D eigenvalue weighted by Crippen LogP contribution is -2.01. The molecule has 0 bridgehead atoms. The van der Waals surface area contributed by atoms with E-state index in [1.807, 2.05) is 40.2 Å². The van der Waals surface area contributed by atoms with E-state index in [2.05, 4.69) is 13.0 Å². The zero-order valence-corrected chi connectivity index (χ0v) is 13.8. The van der Waals surface area contributed by atoms with E-state index in [0.717, 1.165) is 46.8 Å². The van der Waals surface area contributed by atoms with Gasteiger partial charge in [-0.05, 0) is 30.2 Å². The van der Waals surface area contributed by atoms with Crippen molar-refractivity contribution < 1.29 is 14.6 Å². The van der Waals surface area contributed by atoms with Gasteiger partial charge in [-0.1, -0.05) is 25.5 Å². The summed E-state index contributed by atoms with van der Waals surface area (Å²) in [4.78, 5) is 12.0. The summed E-state index contributed by atoms with van der Waals surface area (Å²) in [6, 6.07) is 10.1. The number of hydrogen-bond donors (Lipinski definition) is 1. The van der Waals surface area contributed by atoms with Crippen molar-refractivity contribution in [3.8, 4) is 16.9 Å². The summed E-state index contributed by atoms with van der Waals surface area (Å²) in [6.45, 7) is 2.89. The number of ether oxygens (including phenoxy) is 1. The molecule has 0 saturated carbocycles. The Morgan fingerprint density at radius 1 is 1.26 bits per heavy atom. The monoisotopic (exact) mass is 329 g/mol. The zero-order valence-electron chi connectivity index (χ0n) is 13.0. The first kappa shape index (κ1) is 15.6. The molecule has 4 nitrogen and oxygen atoms in total. The molecule has 0 radical (unpaired) electrons. The second-order valence-corrected chi connectivity index (χ2v) is 6.35. The van der Waals surface area contributed by atoms with Crippen LogP contribution in [0, 0.1) is 0 Å². The molecular formula is C18H19NO3S. The number of carbonyl (C=O) groups is 1. The highest BCUT2D eigenvalue weighted by molar-refractivity contribution is 7.15. The van der Waals surface area contributed by atoms with Crippen molar-refractivity contribution in [2.75, 3.05) is 6.61 Å². The summed E-state index contributed by atoms with van der Waals surface area (Å²) in [7, 11) is 0. The molecule has 0 unspecified atom stereocenters. The fourth-order valence-electron chi connectivity index (χ4n) is 2.46. The standard InChI is InChI=1S/C18H19NO3S/c1-2-3-8-22-16-6-4-13(5-7-16)14-9-17-19(11-14)15(12-23-17)10-18(20)21/h4-7,9,11-12H,2-3,8,10H2,1H3,(H,20,21). The van der Waals surface area contributed by atoms with E-state index in [0.29, 0.717) is 0 Å². The fourth-order valence-corrected chi connectivity index (χ4v) is 3.39. The first-order valence-electron chi connectivity index (χ1n) is 7.71. The third kappa shape index (κ3) is 3.56. The van der Waals surface area contributed by atoms with Crippen LogP contribution in [0.3, 0.4) is 0 Å². The van der Waals surface area contributed by atoms with Crippen LogP contribution in [-0.2, 0) is 11.2 Å². The van der Waals surface area contributed by atoms with Crippen molar-refractivity contribution in [1.82, 2.24) is 4.40 Å². The second kappa shape index (κ2) is 6.87. The first-order chi connectivity index (χ1) is 11.2. The number of hydrogen-bond acceptors (Lipinski definition) is 3. The molecule has 0 amide bonds. The maximum Gasteiger partial charge on any atom is 0.309 e. The molecule has 120 valence electrons. The number of unbranched alkanes of at least 4 members (excludes halogenated alkanes) is 1. The van der Waals surface area contributed by atoms with Crippen molar-refractivity contribution in [2.45, 2.75) is 26.2 Å². The van der Waals surface area contributed by atoms with Gasteiger partial charge in [-0.25, -0.2) is 0 Å². The Bertz CT molecular complexity index is 801. The van der Waals surface area contributed by atoms with Crippen LogP contribution in [0.5, 0.6) is 5.75 Å². The summed E-state index contributed by atoms with van der Waals surface area (Å²) in [5.74, 6) is 0.0725. The highest BCUT2D eigenvalue weighted by Crippen LogP contribution is 2.28. The van der Waals surface area contributed by atoms with E-state index in [9.17, 15) is 4.79 Å². The van der Waals surface area contributed by atoms with Gasteiger partial charge in [0.25, 0.3) is 0 Å². The Labute approximate surface area is 139 Å². The predicted octanol–water partition coefficient (Wildman–Crippen LogP) is 4.47. The molecule has 0 spiro atoms. The molecule has 0 saturated heterocycles. The molecule has 0 atom stereocenters. The topological polar surface area (TPSA) is 50.9 Å². The van der Waals surface area contributed by atoms with Gasteiger partial charge in [0, 0.05) is 22.8 Å². The number of benzene rings is 1. The van der Waals surface area contributed by atoms with Crippen LogP contribution < -0.4 is 4.74 Å². The Kier molecular flexibility index (Phi) is 4.67. The lowest BCUT2D eigenvalue weighted by atomic mass is 10.1. The van der Waals surface area contributed by atoms with Gasteiger partial charge < -0.3 is 14.2 Å². The Morgan fingerprint density at radius 3 is 2.74 bits per heavy atom. The van der Waals surface area contributed by atoms with E-state index in [1.165, 1.54) is 0 Å². The molecule has 3 rings (SSSR count). The molecule has 0 fully saturated rings. The smallest absolute Gasteiger partial charge is 0.309 e. The summed E-state index contributed by atoms with van der Waals surface area (Å²) >= 11 is 1.56.